The zero-order valence-corrected chi connectivity index (χ0v) is 26.3. The van der Waals surface area contributed by atoms with E-state index >= 15 is 0 Å². The lowest BCUT2D eigenvalue weighted by molar-refractivity contribution is 0.0428. The van der Waals surface area contributed by atoms with E-state index < -0.39 is 0 Å². The highest BCUT2D eigenvalue weighted by atomic mass is 16.5. The lowest BCUT2D eigenvalue weighted by atomic mass is 9.82. The second-order valence-electron chi connectivity index (χ2n) is 11.4. The minimum Gasteiger partial charge on any atom is -0.462 e. The van der Waals surface area contributed by atoms with Crippen molar-refractivity contribution in [3.05, 3.63) is 112 Å². The minimum absolute atomic E-state index is 0.198. The molecular weight excluding hydrogens is 502 g/mol. The van der Waals surface area contributed by atoms with E-state index in [-0.39, 0.29) is 11.9 Å². The molecule has 0 bridgehead atoms. The zero-order valence-electron chi connectivity index (χ0n) is 26.3. The lowest BCUT2D eigenvalue weighted by Crippen LogP contribution is -2.28. The molecule has 1 heterocycles. The van der Waals surface area contributed by atoms with Crippen LogP contribution in [0.1, 0.15) is 101 Å². The maximum atomic E-state index is 12.9. The molecule has 0 aliphatic carbocycles. The molecule has 0 radical (unpaired) electrons. The zero-order chi connectivity index (χ0) is 29.8. The summed E-state index contributed by atoms with van der Waals surface area (Å²) in [4.78, 5) is 15.4. The SMILES string of the molecule is C=C\C(C)=C/C(C)=C(CC)/C(=C\C)C(CN1CCc2cc(C(=O)OCC(CC)CCCC)ccc21)c1ccccc1. The second kappa shape index (κ2) is 16.2. The van der Waals surface area contributed by atoms with Crippen LogP contribution in [0.2, 0.25) is 0 Å². The van der Waals surface area contributed by atoms with Crippen LogP contribution in [-0.2, 0) is 11.2 Å². The largest absolute Gasteiger partial charge is 0.462 e. The first-order valence-electron chi connectivity index (χ1n) is 15.6. The average molecular weight is 554 g/mol. The van der Waals surface area contributed by atoms with E-state index in [9.17, 15) is 4.79 Å². The van der Waals surface area contributed by atoms with Crippen molar-refractivity contribution < 1.29 is 9.53 Å². The van der Waals surface area contributed by atoms with Gasteiger partial charge in [0.2, 0.25) is 0 Å². The summed E-state index contributed by atoms with van der Waals surface area (Å²) in [5.41, 5.74) is 9.70. The van der Waals surface area contributed by atoms with Crippen LogP contribution in [-0.4, -0.2) is 25.7 Å². The molecule has 1 aliphatic heterocycles. The molecule has 0 saturated carbocycles. The molecule has 3 rings (SSSR count). The van der Waals surface area contributed by atoms with Gasteiger partial charge in [0.05, 0.1) is 12.2 Å². The van der Waals surface area contributed by atoms with E-state index in [4.69, 9.17) is 4.74 Å². The highest BCUT2D eigenvalue weighted by Gasteiger charge is 2.27. The van der Waals surface area contributed by atoms with Crippen LogP contribution < -0.4 is 4.90 Å². The fraction of sp³-hybridized carbons (Fsp3) is 0.447. The summed E-state index contributed by atoms with van der Waals surface area (Å²) in [6, 6.07) is 17.0. The maximum Gasteiger partial charge on any atom is 0.338 e. The molecule has 0 amide bonds. The number of hydrogen-bond donors (Lipinski definition) is 0. The van der Waals surface area contributed by atoms with E-state index in [1.54, 1.807) is 0 Å². The van der Waals surface area contributed by atoms with Gasteiger partial charge in [0.15, 0.2) is 0 Å². The fourth-order valence-electron chi connectivity index (χ4n) is 6.03. The summed E-state index contributed by atoms with van der Waals surface area (Å²) >= 11 is 0. The molecule has 0 saturated heterocycles. The van der Waals surface area contributed by atoms with E-state index in [2.05, 4.69) is 108 Å². The van der Waals surface area contributed by atoms with Crippen molar-refractivity contribution in [2.45, 2.75) is 86.0 Å². The Morgan fingerprint density at radius 2 is 1.85 bits per heavy atom. The van der Waals surface area contributed by atoms with Crippen molar-refractivity contribution in [1.82, 2.24) is 0 Å². The highest BCUT2D eigenvalue weighted by Crippen LogP contribution is 2.38. The third-order valence-corrected chi connectivity index (χ3v) is 8.54. The van der Waals surface area contributed by atoms with Crippen molar-refractivity contribution in [1.29, 1.82) is 0 Å². The Kier molecular flexibility index (Phi) is 12.7. The summed E-state index contributed by atoms with van der Waals surface area (Å²) in [5.74, 6) is 0.477. The first-order chi connectivity index (χ1) is 19.9. The predicted molar refractivity (Wildman–Crippen MR) is 176 cm³/mol. The summed E-state index contributed by atoms with van der Waals surface area (Å²) < 4.78 is 5.75. The van der Waals surface area contributed by atoms with Crippen molar-refractivity contribution in [3.8, 4) is 0 Å². The molecule has 0 spiro atoms. The van der Waals surface area contributed by atoms with Crippen molar-refractivity contribution in [2.24, 2.45) is 5.92 Å². The van der Waals surface area contributed by atoms with Gasteiger partial charge in [-0.25, -0.2) is 4.79 Å². The number of benzene rings is 2. The van der Waals surface area contributed by atoms with Crippen LogP contribution in [0, 0.1) is 5.92 Å². The summed E-state index contributed by atoms with van der Waals surface area (Å²) in [6.07, 6.45) is 12.9. The number of carbonyl (C=O) groups is 1. The number of esters is 1. The van der Waals surface area contributed by atoms with Gasteiger partial charge in [-0.05, 0) is 92.0 Å². The average Bonchev–Trinajstić information content (AvgIpc) is 3.40. The third kappa shape index (κ3) is 8.58. The molecule has 2 atom stereocenters. The van der Waals surface area contributed by atoms with Crippen LogP contribution in [0.5, 0.6) is 0 Å². The van der Waals surface area contributed by atoms with Gasteiger partial charge in [-0.15, -0.1) is 0 Å². The monoisotopic (exact) mass is 553 g/mol. The van der Waals surface area contributed by atoms with E-state index in [0.717, 1.165) is 38.8 Å². The smallest absolute Gasteiger partial charge is 0.338 e. The number of nitrogens with zero attached hydrogens (tertiary/aromatic N) is 1. The Morgan fingerprint density at radius 3 is 2.49 bits per heavy atom. The number of carbonyl (C=O) groups excluding carboxylic acids is 1. The second-order valence-corrected chi connectivity index (χ2v) is 11.4. The van der Waals surface area contributed by atoms with Gasteiger partial charge in [-0.3, -0.25) is 0 Å². The van der Waals surface area contributed by atoms with Crippen molar-refractivity contribution in [3.63, 3.8) is 0 Å². The van der Waals surface area contributed by atoms with Gasteiger partial charge in [-0.2, -0.15) is 0 Å². The predicted octanol–water partition coefficient (Wildman–Crippen LogP) is 10.0. The van der Waals surface area contributed by atoms with Crippen molar-refractivity contribution in [2.75, 3.05) is 24.6 Å². The standard InChI is InChI=1S/C38H51NO2/c1-8-13-17-30(10-3)27-41-38(40)33-20-21-37-32(25-33)22-23-39(37)26-36(31-18-15-14-16-19-31)35(12-5)34(11-4)29(7)24-28(6)9-2/h9,12,14-16,18-21,24-25,30,36H,2,8,10-11,13,17,22-23,26-27H2,1,3-7H3/b28-24-,34-29+,35-12+. The Morgan fingerprint density at radius 1 is 1.10 bits per heavy atom. The highest BCUT2D eigenvalue weighted by molar-refractivity contribution is 5.90. The van der Waals surface area contributed by atoms with Gasteiger partial charge < -0.3 is 9.64 Å². The molecule has 0 fully saturated rings. The van der Waals surface area contributed by atoms with Gasteiger partial charge in [0.1, 0.15) is 0 Å². The molecule has 41 heavy (non-hydrogen) atoms. The number of anilines is 1. The topological polar surface area (TPSA) is 29.5 Å². The number of unbranched alkanes of at least 4 members (excludes halogenated alkanes) is 1. The van der Waals surface area contributed by atoms with E-state index in [1.807, 2.05) is 12.1 Å². The van der Waals surface area contributed by atoms with Crippen LogP contribution in [0.15, 0.2) is 95.6 Å². The molecule has 3 heteroatoms. The molecule has 2 aromatic carbocycles. The van der Waals surface area contributed by atoms with E-state index in [0.29, 0.717) is 18.1 Å². The number of hydrogen-bond acceptors (Lipinski definition) is 3. The maximum absolute atomic E-state index is 12.9. The summed E-state index contributed by atoms with van der Waals surface area (Å²) in [5, 5.41) is 0. The molecule has 3 nitrogen and oxygen atoms in total. The van der Waals surface area contributed by atoms with Gasteiger partial charge in [-0.1, -0.05) is 101 Å². The number of fused-ring (bicyclic) bond motifs is 1. The molecule has 2 aromatic rings. The van der Waals surface area contributed by atoms with Gasteiger partial charge in [0, 0.05) is 24.7 Å². The number of ether oxygens (including phenoxy) is 1. The normalized spacial score (nSPS) is 15.7. The molecule has 220 valence electrons. The Labute approximate surface area is 249 Å². The molecular formula is C38H51NO2. The summed E-state index contributed by atoms with van der Waals surface area (Å²) in [6.45, 7) is 19.4. The molecule has 2 unspecified atom stereocenters. The molecule has 0 aromatic heterocycles. The van der Waals surface area contributed by atoms with Crippen LogP contribution in [0.4, 0.5) is 5.69 Å². The third-order valence-electron chi connectivity index (χ3n) is 8.54. The molecule has 0 N–H and O–H groups in total. The Bertz CT molecular complexity index is 1250. The Hall–Kier alpha value is -3.33. The number of allylic oxidation sites excluding steroid dienone is 6. The van der Waals surface area contributed by atoms with Crippen molar-refractivity contribution >= 4 is 11.7 Å². The number of rotatable bonds is 15. The minimum atomic E-state index is -0.198. The quantitative estimate of drug-likeness (QED) is 0.162. The van der Waals surface area contributed by atoms with Crippen LogP contribution >= 0.6 is 0 Å². The fourth-order valence-corrected chi connectivity index (χ4v) is 6.03. The van der Waals surface area contributed by atoms with E-state index in [1.165, 1.54) is 51.9 Å². The van der Waals surface area contributed by atoms with Crippen LogP contribution in [0.3, 0.4) is 0 Å². The Balaban J connectivity index is 1.86. The lowest BCUT2D eigenvalue weighted by Gasteiger charge is -2.30. The molecule has 1 aliphatic rings. The first-order valence-corrected chi connectivity index (χ1v) is 15.6. The summed E-state index contributed by atoms with van der Waals surface area (Å²) in [7, 11) is 0. The first kappa shape index (κ1) is 32.2. The van der Waals surface area contributed by atoms with Crippen LogP contribution in [0.25, 0.3) is 0 Å². The van der Waals surface area contributed by atoms with Gasteiger partial charge in [0.25, 0.3) is 0 Å². The van der Waals surface area contributed by atoms with Gasteiger partial charge >= 0.3 is 5.97 Å².